The highest BCUT2D eigenvalue weighted by Crippen LogP contribution is 2.24. The van der Waals surface area contributed by atoms with E-state index in [1.807, 2.05) is 0 Å². The summed E-state index contributed by atoms with van der Waals surface area (Å²) < 4.78 is 44.7. The standard InChI is InChI=1S/C13H15F3N2O3/c14-13(15,16)21-11-3-1-10(2-4-11)18-12(19)20-8-9-5-6-17-7-9/h1-4,9,17H,5-8H2,(H,18,19). The molecule has 1 amide bonds. The lowest BCUT2D eigenvalue weighted by atomic mass is 10.1. The smallest absolute Gasteiger partial charge is 0.449 e. The number of amides is 1. The molecule has 21 heavy (non-hydrogen) atoms. The molecule has 2 N–H and O–H groups in total. The van der Waals surface area contributed by atoms with Gasteiger partial charge >= 0.3 is 12.5 Å². The minimum absolute atomic E-state index is 0.304. The molecule has 0 radical (unpaired) electrons. The van der Waals surface area contributed by atoms with Crippen LogP contribution in [0.3, 0.4) is 0 Å². The van der Waals surface area contributed by atoms with E-state index in [1.54, 1.807) is 0 Å². The number of rotatable bonds is 4. The van der Waals surface area contributed by atoms with Crippen LogP contribution in [0.15, 0.2) is 24.3 Å². The van der Waals surface area contributed by atoms with E-state index in [0.29, 0.717) is 18.2 Å². The maximum atomic E-state index is 12.0. The highest BCUT2D eigenvalue weighted by Gasteiger charge is 2.30. The van der Waals surface area contributed by atoms with Crippen molar-refractivity contribution in [1.29, 1.82) is 0 Å². The lowest BCUT2D eigenvalue weighted by Gasteiger charge is -2.11. The highest BCUT2D eigenvalue weighted by atomic mass is 19.4. The molecular weight excluding hydrogens is 289 g/mol. The van der Waals surface area contributed by atoms with Crippen LogP contribution in [0.25, 0.3) is 0 Å². The van der Waals surface area contributed by atoms with Crippen molar-refractivity contribution in [2.24, 2.45) is 5.92 Å². The van der Waals surface area contributed by atoms with Gasteiger partial charge in [0.1, 0.15) is 5.75 Å². The van der Waals surface area contributed by atoms with Gasteiger partial charge in [-0.2, -0.15) is 0 Å². The van der Waals surface area contributed by atoms with Crippen LogP contribution in [0, 0.1) is 5.92 Å². The van der Waals surface area contributed by atoms with Crippen molar-refractivity contribution in [2.45, 2.75) is 12.8 Å². The normalized spacial score (nSPS) is 18.3. The van der Waals surface area contributed by atoms with Crippen LogP contribution in [-0.2, 0) is 4.74 Å². The molecule has 116 valence electrons. The Morgan fingerprint density at radius 1 is 1.33 bits per heavy atom. The summed E-state index contributed by atoms with van der Waals surface area (Å²) >= 11 is 0. The van der Waals surface area contributed by atoms with Crippen LogP contribution < -0.4 is 15.4 Å². The molecule has 0 aromatic heterocycles. The molecule has 0 aliphatic carbocycles. The van der Waals surface area contributed by atoms with Crippen molar-refractivity contribution in [3.8, 4) is 5.75 Å². The number of hydrogen-bond acceptors (Lipinski definition) is 4. The molecule has 1 saturated heterocycles. The van der Waals surface area contributed by atoms with Crippen molar-refractivity contribution in [1.82, 2.24) is 5.32 Å². The minimum atomic E-state index is -4.73. The first-order chi connectivity index (χ1) is 9.92. The van der Waals surface area contributed by atoms with E-state index in [2.05, 4.69) is 15.4 Å². The summed E-state index contributed by atoms with van der Waals surface area (Å²) in [6.45, 7) is 2.04. The van der Waals surface area contributed by atoms with Crippen molar-refractivity contribution in [2.75, 3.05) is 25.0 Å². The number of halogens is 3. The van der Waals surface area contributed by atoms with Gasteiger partial charge in [0.25, 0.3) is 0 Å². The second-order valence-electron chi connectivity index (χ2n) is 4.65. The van der Waals surface area contributed by atoms with Crippen molar-refractivity contribution >= 4 is 11.8 Å². The second kappa shape index (κ2) is 6.66. The highest BCUT2D eigenvalue weighted by molar-refractivity contribution is 5.84. The molecule has 1 aliphatic heterocycles. The molecule has 0 bridgehead atoms. The van der Waals surface area contributed by atoms with Gasteiger partial charge in [-0.3, -0.25) is 5.32 Å². The summed E-state index contributed by atoms with van der Waals surface area (Å²) in [6, 6.07) is 4.84. The van der Waals surface area contributed by atoms with E-state index in [1.165, 1.54) is 12.1 Å². The Morgan fingerprint density at radius 3 is 2.62 bits per heavy atom. The Hall–Kier alpha value is -1.96. The van der Waals surface area contributed by atoms with Crippen molar-refractivity contribution < 1.29 is 27.4 Å². The summed E-state index contributed by atoms with van der Waals surface area (Å²) in [5.74, 6) is -0.0447. The van der Waals surface area contributed by atoms with E-state index >= 15 is 0 Å². The topological polar surface area (TPSA) is 59.6 Å². The summed E-state index contributed by atoms with van der Waals surface area (Å²) in [5.41, 5.74) is 0.332. The molecule has 1 aromatic rings. The van der Waals surface area contributed by atoms with Gasteiger partial charge in [0.2, 0.25) is 0 Å². The van der Waals surface area contributed by atoms with Gasteiger partial charge in [-0.1, -0.05) is 0 Å². The van der Waals surface area contributed by atoms with Gasteiger partial charge in [-0.25, -0.2) is 4.79 Å². The summed E-state index contributed by atoms with van der Waals surface area (Å²) in [4.78, 5) is 11.5. The lowest BCUT2D eigenvalue weighted by molar-refractivity contribution is -0.274. The summed E-state index contributed by atoms with van der Waals surface area (Å²) in [5, 5.41) is 5.59. The van der Waals surface area contributed by atoms with Gasteiger partial charge in [0, 0.05) is 18.2 Å². The quantitative estimate of drug-likeness (QED) is 0.898. The molecule has 0 saturated carbocycles. The average molecular weight is 304 g/mol. The van der Waals surface area contributed by atoms with Gasteiger partial charge in [0.05, 0.1) is 6.61 Å². The zero-order valence-corrected chi connectivity index (χ0v) is 11.1. The molecule has 0 spiro atoms. The number of nitrogens with one attached hydrogen (secondary N) is 2. The van der Waals surface area contributed by atoms with Crippen LogP contribution in [0.4, 0.5) is 23.7 Å². The van der Waals surface area contributed by atoms with Gasteiger partial charge < -0.3 is 14.8 Å². The molecule has 1 aromatic carbocycles. The number of benzene rings is 1. The molecule has 1 fully saturated rings. The fourth-order valence-corrected chi connectivity index (χ4v) is 1.94. The molecule has 8 heteroatoms. The molecule has 1 atom stereocenters. The van der Waals surface area contributed by atoms with Crippen LogP contribution in [0.5, 0.6) is 5.75 Å². The average Bonchev–Trinajstić information content (AvgIpc) is 2.90. The van der Waals surface area contributed by atoms with Gasteiger partial charge in [-0.15, -0.1) is 13.2 Å². The van der Waals surface area contributed by atoms with Crippen LogP contribution in [0.1, 0.15) is 6.42 Å². The third-order valence-corrected chi connectivity index (χ3v) is 2.95. The van der Waals surface area contributed by atoms with E-state index in [4.69, 9.17) is 4.74 Å². The zero-order chi connectivity index (χ0) is 15.3. The first-order valence-corrected chi connectivity index (χ1v) is 6.43. The summed E-state index contributed by atoms with van der Waals surface area (Å²) in [7, 11) is 0. The minimum Gasteiger partial charge on any atom is -0.449 e. The molecule has 1 heterocycles. The zero-order valence-electron chi connectivity index (χ0n) is 11.1. The monoisotopic (exact) mass is 304 g/mol. The number of carbonyl (C=O) groups excluding carboxylic acids is 1. The Kier molecular flexibility index (Phi) is 4.89. The predicted molar refractivity (Wildman–Crippen MR) is 69.1 cm³/mol. The van der Waals surface area contributed by atoms with Crippen molar-refractivity contribution in [3.63, 3.8) is 0 Å². The van der Waals surface area contributed by atoms with Crippen LogP contribution in [-0.4, -0.2) is 32.2 Å². The molecule has 2 rings (SSSR count). The van der Waals surface area contributed by atoms with Crippen molar-refractivity contribution in [3.05, 3.63) is 24.3 Å². The van der Waals surface area contributed by atoms with Crippen LogP contribution >= 0.6 is 0 Å². The second-order valence-corrected chi connectivity index (χ2v) is 4.65. The van der Waals surface area contributed by atoms with Gasteiger partial charge in [-0.05, 0) is 37.2 Å². The maximum Gasteiger partial charge on any atom is 0.573 e. The molecule has 1 unspecified atom stereocenters. The van der Waals surface area contributed by atoms with E-state index < -0.39 is 12.5 Å². The third-order valence-electron chi connectivity index (χ3n) is 2.95. The Balaban J connectivity index is 1.78. The Bertz CT molecular complexity index is 471. The largest absolute Gasteiger partial charge is 0.573 e. The SMILES string of the molecule is O=C(Nc1ccc(OC(F)(F)F)cc1)OCC1CCNC1. The molecule has 5 nitrogen and oxygen atoms in total. The Labute approximate surface area is 119 Å². The number of ether oxygens (including phenoxy) is 2. The lowest BCUT2D eigenvalue weighted by Crippen LogP contribution is -2.20. The first-order valence-electron chi connectivity index (χ1n) is 6.43. The number of carbonyl (C=O) groups is 1. The first kappa shape index (κ1) is 15.4. The number of hydrogen-bond donors (Lipinski definition) is 2. The fourth-order valence-electron chi connectivity index (χ4n) is 1.94. The number of alkyl halides is 3. The van der Waals surface area contributed by atoms with Gasteiger partial charge in [0.15, 0.2) is 0 Å². The summed E-state index contributed by atoms with van der Waals surface area (Å²) in [6.07, 6.45) is -4.41. The third kappa shape index (κ3) is 5.50. The number of anilines is 1. The van der Waals surface area contributed by atoms with Crippen LogP contribution in [0.2, 0.25) is 0 Å². The van der Waals surface area contributed by atoms with E-state index in [-0.39, 0.29) is 5.75 Å². The van der Waals surface area contributed by atoms with E-state index in [0.717, 1.165) is 31.6 Å². The molecule has 1 aliphatic rings. The fraction of sp³-hybridized carbons (Fsp3) is 0.462. The Morgan fingerprint density at radius 2 is 2.05 bits per heavy atom. The molecular formula is C13H15F3N2O3. The van der Waals surface area contributed by atoms with E-state index in [9.17, 15) is 18.0 Å². The predicted octanol–water partition coefficient (Wildman–Crippen LogP) is 2.74. The maximum absolute atomic E-state index is 12.0.